The highest BCUT2D eigenvalue weighted by Crippen LogP contribution is 2.23. The summed E-state index contributed by atoms with van der Waals surface area (Å²) in [5.41, 5.74) is 2.74. The minimum absolute atomic E-state index is 0.118. The third-order valence-corrected chi connectivity index (χ3v) is 2.37. The maximum atomic E-state index is 10.7. The molecule has 17 heavy (non-hydrogen) atoms. The number of carboxylic acids is 1. The van der Waals surface area contributed by atoms with Gasteiger partial charge in [0.25, 0.3) is 0 Å². The molecule has 0 saturated carbocycles. The molecule has 0 unspecified atom stereocenters. The largest absolute Gasteiger partial charge is 0.478 e. The predicted octanol–water partition coefficient (Wildman–Crippen LogP) is 1.96. The number of hydrogen-bond acceptors (Lipinski definition) is 5. The van der Waals surface area contributed by atoms with Gasteiger partial charge >= 0.3 is 5.97 Å². The molecule has 0 amide bonds. The molecular formula is C10H5BrN4O2. The summed E-state index contributed by atoms with van der Waals surface area (Å²) in [6.07, 6.45) is 0. The van der Waals surface area contributed by atoms with Crippen LogP contribution in [0.2, 0.25) is 0 Å². The number of nitrogens with zero attached hydrogens (tertiary/aromatic N) is 3. The highest BCUT2D eigenvalue weighted by Gasteiger charge is 2.06. The Hall–Kier alpha value is -2.38. The van der Waals surface area contributed by atoms with E-state index < -0.39 is 5.97 Å². The molecule has 84 valence electrons. The van der Waals surface area contributed by atoms with Gasteiger partial charge in [0.15, 0.2) is 0 Å². The van der Waals surface area contributed by atoms with E-state index in [0.717, 1.165) is 0 Å². The van der Waals surface area contributed by atoms with E-state index in [2.05, 4.69) is 26.5 Å². The van der Waals surface area contributed by atoms with E-state index in [-0.39, 0.29) is 11.3 Å². The van der Waals surface area contributed by atoms with Gasteiger partial charge in [0.1, 0.15) is 12.1 Å². The molecule has 0 aliphatic rings. The molecule has 0 atom stereocenters. The zero-order chi connectivity index (χ0) is 12.8. The maximum absolute atomic E-state index is 10.7. The van der Waals surface area contributed by atoms with Crippen LogP contribution < -0.4 is 5.43 Å². The SMILES string of the molecule is N#CC(C#N)=NNc1ccc(C(=O)O)cc1Br. The molecule has 0 bridgehead atoms. The number of carbonyl (C=O) groups is 1. The van der Waals surface area contributed by atoms with Crippen LogP contribution in [0.5, 0.6) is 0 Å². The van der Waals surface area contributed by atoms with Crippen molar-refractivity contribution >= 4 is 33.3 Å². The molecule has 0 aromatic heterocycles. The van der Waals surface area contributed by atoms with Gasteiger partial charge in [-0.05, 0) is 34.1 Å². The Morgan fingerprint density at radius 1 is 1.41 bits per heavy atom. The fourth-order valence-corrected chi connectivity index (χ4v) is 1.40. The van der Waals surface area contributed by atoms with E-state index in [0.29, 0.717) is 10.2 Å². The Morgan fingerprint density at radius 3 is 2.53 bits per heavy atom. The van der Waals surface area contributed by atoms with Crippen molar-refractivity contribution in [3.8, 4) is 12.1 Å². The average molecular weight is 293 g/mol. The smallest absolute Gasteiger partial charge is 0.335 e. The van der Waals surface area contributed by atoms with Crippen molar-refractivity contribution in [2.24, 2.45) is 5.10 Å². The lowest BCUT2D eigenvalue weighted by Crippen LogP contribution is -1.99. The van der Waals surface area contributed by atoms with Crippen molar-refractivity contribution < 1.29 is 9.90 Å². The summed E-state index contributed by atoms with van der Waals surface area (Å²) in [4.78, 5) is 10.7. The monoisotopic (exact) mass is 292 g/mol. The van der Waals surface area contributed by atoms with Gasteiger partial charge in [-0.25, -0.2) is 4.79 Å². The second-order valence-corrected chi connectivity index (χ2v) is 3.65. The first-order valence-corrected chi connectivity index (χ1v) is 5.04. The molecule has 6 nitrogen and oxygen atoms in total. The van der Waals surface area contributed by atoms with Crippen LogP contribution in [-0.4, -0.2) is 16.8 Å². The van der Waals surface area contributed by atoms with E-state index in [4.69, 9.17) is 15.6 Å². The first-order valence-electron chi connectivity index (χ1n) is 4.25. The molecule has 2 N–H and O–H groups in total. The number of rotatable bonds is 3. The molecule has 0 fully saturated rings. The Bertz CT molecular complexity index is 553. The fourth-order valence-electron chi connectivity index (χ4n) is 0.930. The summed E-state index contributed by atoms with van der Waals surface area (Å²) in [7, 11) is 0. The Kier molecular flexibility index (Phi) is 4.21. The first kappa shape index (κ1) is 12.7. The van der Waals surface area contributed by atoms with Gasteiger partial charge < -0.3 is 5.11 Å². The standard InChI is InChI=1S/C10H5BrN4O2/c11-8-3-6(10(16)17)1-2-9(8)15-14-7(4-12)5-13/h1-3,15H,(H,16,17). The number of hydrazone groups is 1. The third-order valence-electron chi connectivity index (χ3n) is 1.72. The van der Waals surface area contributed by atoms with Crippen LogP contribution in [-0.2, 0) is 0 Å². The summed E-state index contributed by atoms with van der Waals surface area (Å²) >= 11 is 3.15. The zero-order valence-corrected chi connectivity index (χ0v) is 9.89. The minimum Gasteiger partial charge on any atom is -0.478 e. The van der Waals surface area contributed by atoms with Gasteiger partial charge in [0.05, 0.1) is 11.3 Å². The second kappa shape index (κ2) is 5.64. The topological polar surface area (TPSA) is 109 Å². The van der Waals surface area contributed by atoms with Crippen LogP contribution >= 0.6 is 15.9 Å². The van der Waals surface area contributed by atoms with Crippen molar-refractivity contribution in [2.45, 2.75) is 0 Å². The van der Waals surface area contributed by atoms with Crippen molar-refractivity contribution in [2.75, 3.05) is 5.43 Å². The Morgan fingerprint density at radius 2 is 2.06 bits per heavy atom. The summed E-state index contributed by atoms with van der Waals surface area (Å²) in [6, 6.07) is 7.42. The normalized spacial score (nSPS) is 8.65. The lowest BCUT2D eigenvalue weighted by molar-refractivity contribution is 0.0697. The molecular weight excluding hydrogens is 288 g/mol. The van der Waals surface area contributed by atoms with E-state index >= 15 is 0 Å². The first-order chi connectivity index (χ1) is 8.08. The summed E-state index contributed by atoms with van der Waals surface area (Å²) in [6.45, 7) is 0. The van der Waals surface area contributed by atoms with E-state index in [1.165, 1.54) is 18.2 Å². The van der Waals surface area contributed by atoms with Crippen LogP contribution in [0.25, 0.3) is 0 Å². The second-order valence-electron chi connectivity index (χ2n) is 2.80. The maximum Gasteiger partial charge on any atom is 0.335 e. The van der Waals surface area contributed by atoms with Crippen LogP contribution in [0.4, 0.5) is 5.69 Å². The molecule has 0 radical (unpaired) electrons. The van der Waals surface area contributed by atoms with Gasteiger partial charge in [0.2, 0.25) is 5.71 Å². The van der Waals surface area contributed by atoms with Crippen LogP contribution in [0.15, 0.2) is 27.8 Å². The van der Waals surface area contributed by atoms with Gasteiger partial charge in [0, 0.05) is 4.47 Å². The van der Waals surface area contributed by atoms with E-state index in [1.54, 1.807) is 12.1 Å². The summed E-state index contributed by atoms with van der Waals surface area (Å²) < 4.78 is 0.469. The molecule has 1 aromatic rings. The molecule has 0 heterocycles. The quantitative estimate of drug-likeness (QED) is 0.654. The fraction of sp³-hybridized carbons (Fsp3) is 0. The summed E-state index contributed by atoms with van der Waals surface area (Å²) in [5, 5.41) is 29.2. The van der Waals surface area contributed by atoms with Crippen molar-refractivity contribution in [3.63, 3.8) is 0 Å². The zero-order valence-electron chi connectivity index (χ0n) is 8.31. The van der Waals surface area contributed by atoms with Crippen molar-refractivity contribution in [1.29, 1.82) is 10.5 Å². The number of halogens is 1. The van der Waals surface area contributed by atoms with Crippen LogP contribution in [0.3, 0.4) is 0 Å². The molecule has 1 aromatic carbocycles. The van der Waals surface area contributed by atoms with Gasteiger partial charge in [-0.1, -0.05) is 0 Å². The van der Waals surface area contributed by atoms with Crippen molar-refractivity contribution in [3.05, 3.63) is 28.2 Å². The molecule has 1 rings (SSSR count). The highest BCUT2D eigenvalue weighted by atomic mass is 79.9. The van der Waals surface area contributed by atoms with Crippen LogP contribution in [0, 0.1) is 22.7 Å². The number of aromatic carboxylic acids is 1. The van der Waals surface area contributed by atoms with E-state index in [1.807, 2.05) is 0 Å². The number of nitriles is 2. The lowest BCUT2D eigenvalue weighted by atomic mass is 10.2. The van der Waals surface area contributed by atoms with Gasteiger partial charge in [-0.15, -0.1) is 0 Å². The Labute approximate surface area is 105 Å². The highest BCUT2D eigenvalue weighted by molar-refractivity contribution is 9.10. The molecule has 0 saturated heterocycles. The number of nitrogens with one attached hydrogen (secondary N) is 1. The van der Waals surface area contributed by atoms with Crippen molar-refractivity contribution in [1.82, 2.24) is 0 Å². The average Bonchev–Trinajstić information content (AvgIpc) is 2.31. The number of benzene rings is 1. The molecule has 7 heteroatoms. The lowest BCUT2D eigenvalue weighted by Gasteiger charge is -2.03. The minimum atomic E-state index is -1.05. The molecule has 0 aliphatic heterocycles. The summed E-state index contributed by atoms with van der Waals surface area (Å²) in [5.74, 6) is -1.05. The molecule has 0 aliphatic carbocycles. The van der Waals surface area contributed by atoms with Gasteiger partial charge in [-0.3, -0.25) is 5.43 Å². The van der Waals surface area contributed by atoms with E-state index in [9.17, 15) is 4.79 Å². The molecule has 0 spiro atoms. The van der Waals surface area contributed by atoms with Crippen LogP contribution in [0.1, 0.15) is 10.4 Å². The third kappa shape index (κ3) is 3.30. The number of hydrogen-bond donors (Lipinski definition) is 2. The number of anilines is 1. The Balaban J connectivity index is 2.96. The predicted molar refractivity (Wildman–Crippen MR) is 63.4 cm³/mol. The van der Waals surface area contributed by atoms with Gasteiger partial charge in [-0.2, -0.15) is 15.6 Å². The number of carboxylic acid groups (broad SMARTS) is 1.